The van der Waals surface area contributed by atoms with E-state index in [1.54, 1.807) is 50.6 Å². The van der Waals surface area contributed by atoms with Crippen LogP contribution in [0.3, 0.4) is 0 Å². The minimum atomic E-state index is -3.16. The fraction of sp³-hybridized carbons (Fsp3) is 0.333. The SMILES string of the molecule is COc1ccc(COC2C(O)C(CO[Si](c3ccccc3)(c3ccccc3)C(C)(C)C)OC(C)C2OC(=O)c2ccccc2)cc1.COc1ccc(COC2C(OC(=O)c3ccccc3)C(C)OC(CO[Si](c3ccccc3)(c3ccccc3)C(C)(C)C)C2OC2OCC(OCc3ccccc3)C(OCc3ccccc3)C2OCc2ccccc2)cc1. The van der Waals surface area contributed by atoms with E-state index in [9.17, 15) is 14.7 Å². The monoisotopic (exact) mass is 1680 g/mol. The molecular formula is C102H114O18Si2. The number of carbonyl (C=O) groups is 2. The lowest BCUT2D eigenvalue weighted by molar-refractivity contribution is -0.341. The van der Waals surface area contributed by atoms with Crippen molar-refractivity contribution in [2.45, 2.75) is 184 Å². The first kappa shape index (κ1) is 89.7. The summed E-state index contributed by atoms with van der Waals surface area (Å²) in [4.78, 5) is 27.4. The number of carbonyl (C=O) groups excluding carboxylic acids is 2. The van der Waals surface area contributed by atoms with Crippen molar-refractivity contribution >= 4 is 49.3 Å². The van der Waals surface area contributed by atoms with Crippen LogP contribution in [0.25, 0.3) is 0 Å². The van der Waals surface area contributed by atoms with Crippen LogP contribution >= 0.6 is 0 Å². The number of esters is 2. The summed E-state index contributed by atoms with van der Waals surface area (Å²) in [5, 5.41) is 15.8. The number of hydrogen-bond donors (Lipinski definition) is 1. The van der Waals surface area contributed by atoms with Crippen LogP contribution in [0.5, 0.6) is 11.5 Å². The molecule has 11 aromatic rings. The first-order chi connectivity index (χ1) is 59.2. The van der Waals surface area contributed by atoms with E-state index in [2.05, 4.69) is 114 Å². The largest absolute Gasteiger partial charge is 0.497 e. The van der Waals surface area contributed by atoms with Gasteiger partial charge in [0.15, 0.2) is 18.5 Å². The molecule has 14 atom stereocenters. The van der Waals surface area contributed by atoms with E-state index < -0.39 is 114 Å². The lowest BCUT2D eigenvalue weighted by atomic mass is 9.94. The maximum Gasteiger partial charge on any atom is 0.338 e. The van der Waals surface area contributed by atoms with Gasteiger partial charge in [0.25, 0.3) is 16.6 Å². The number of hydrogen-bond acceptors (Lipinski definition) is 18. The van der Waals surface area contributed by atoms with Gasteiger partial charge in [-0.25, -0.2) is 9.59 Å². The van der Waals surface area contributed by atoms with Crippen molar-refractivity contribution in [1.29, 1.82) is 0 Å². The molecule has 14 rings (SSSR count). The van der Waals surface area contributed by atoms with Crippen molar-refractivity contribution < 1.29 is 85.1 Å². The van der Waals surface area contributed by atoms with Crippen LogP contribution in [-0.4, -0.2) is 153 Å². The normalized spacial score (nSPS) is 22.5. The summed E-state index contributed by atoms with van der Waals surface area (Å²) in [7, 11) is -2.81. The highest BCUT2D eigenvalue weighted by atomic mass is 28.4. The molecule has 0 amide bonds. The van der Waals surface area contributed by atoms with Gasteiger partial charge in [-0.2, -0.15) is 0 Å². The second kappa shape index (κ2) is 42.8. The summed E-state index contributed by atoms with van der Waals surface area (Å²) in [6.07, 6.45) is -11.7. The Morgan fingerprint density at radius 3 is 1.02 bits per heavy atom. The summed E-state index contributed by atoms with van der Waals surface area (Å²) in [6, 6.07) is 105. The number of aliphatic hydroxyl groups is 1. The number of rotatable bonds is 33. The molecule has 0 bridgehead atoms. The minimum Gasteiger partial charge on any atom is -0.497 e. The van der Waals surface area contributed by atoms with Crippen LogP contribution in [0.1, 0.15) is 104 Å². The first-order valence-corrected chi connectivity index (χ1v) is 45.8. The minimum absolute atomic E-state index is 0.0864. The zero-order chi connectivity index (χ0) is 85.5. The molecule has 3 aliphatic heterocycles. The summed E-state index contributed by atoms with van der Waals surface area (Å²) >= 11 is 0. The number of aliphatic hydroxyl groups excluding tert-OH is 1. The molecule has 122 heavy (non-hydrogen) atoms. The van der Waals surface area contributed by atoms with Crippen LogP contribution < -0.4 is 30.2 Å². The molecule has 0 radical (unpaired) electrons. The molecule has 3 aliphatic rings. The Labute approximate surface area is 720 Å². The van der Waals surface area contributed by atoms with Gasteiger partial charge in [0.2, 0.25) is 0 Å². The molecule has 0 spiro atoms. The Balaban J connectivity index is 0.000000238. The summed E-state index contributed by atoms with van der Waals surface area (Å²) in [5.41, 5.74) is 5.52. The lowest BCUT2D eigenvalue weighted by Gasteiger charge is -2.49. The van der Waals surface area contributed by atoms with E-state index >= 15 is 0 Å². The van der Waals surface area contributed by atoms with Gasteiger partial charge < -0.3 is 75.5 Å². The topological polar surface area (TPSA) is 193 Å². The van der Waals surface area contributed by atoms with Gasteiger partial charge in [-0.3, -0.25) is 0 Å². The molecule has 0 saturated carbocycles. The molecule has 638 valence electrons. The molecular weight excluding hydrogens is 1570 g/mol. The Morgan fingerprint density at radius 2 is 0.656 bits per heavy atom. The third-order valence-electron chi connectivity index (χ3n) is 22.8. The molecule has 14 unspecified atom stereocenters. The highest BCUT2D eigenvalue weighted by molar-refractivity contribution is 7.00. The Kier molecular flexibility index (Phi) is 31.5. The van der Waals surface area contributed by atoms with Crippen molar-refractivity contribution in [3.8, 4) is 11.5 Å². The predicted molar refractivity (Wildman–Crippen MR) is 476 cm³/mol. The molecule has 20 heteroatoms. The highest BCUT2D eigenvalue weighted by Crippen LogP contribution is 2.42. The van der Waals surface area contributed by atoms with Crippen molar-refractivity contribution in [2.24, 2.45) is 0 Å². The first-order valence-electron chi connectivity index (χ1n) is 42.0. The van der Waals surface area contributed by atoms with Gasteiger partial charge in [-0.05, 0) is 121 Å². The molecule has 18 nitrogen and oxygen atoms in total. The fourth-order valence-corrected chi connectivity index (χ4v) is 25.6. The second-order valence-electron chi connectivity index (χ2n) is 33.1. The Hall–Kier alpha value is -10.1. The molecule has 3 saturated heterocycles. The molecule has 1 N–H and O–H groups in total. The fourth-order valence-electron chi connectivity index (χ4n) is 16.5. The van der Waals surface area contributed by atoms with E-state index in [1.807, 2.05) is 226 Å². The quantitative estimate of drug-likeness (QED) is 0.0301. The van der Waals surface area contributed by atoms with Crippen molar-refractivity contribution in [3.63, 3.8) is 0 Å². The average molecular weight is 1680 g/mol. The average Bonchev–Trinajstić information content (AvgIpc) is 0.747. The summed E-state index contributed by atoms with van der Waals surface area (Å²) in [6.45, 7) is 18.6. The van der Waals surface area contributed by atoms with E-state index in [4.69, 9.17) is 70.4 Å². The van der Waals surface area contributed by atoms with E-state index in [0.717, 1.165) is 54.3 Å². The van der Waals surface area contributed by atoms with Gasteiger partial charge in [-0.1, -0.05) is 315 Å². The van der Waals surface area contributed by atoms with Gasteiger partial charge in [0.1, 0.15) is 66.4 Å². The van der Waals surface area contributed by atoms with Crippen LogP contribution in [0, 0.1) is 0 Å². The number of methoxy groups -OCH3 is 2. The molecule has 0 aliphatic carbocycles. The van der Waals surface area contributed by atoms with Gasteiger partial charge in [0, 0.05) is 0 Å². The third kappa shape index (κ3) is 22.3. The van der Waals surface area contributed by atoms with Gasteiger partial charge in [0.05, 0.1) is 90.4 Å². The Morgan fingerprint density at radius 1 is 0.352 bits per heavy atom. The summed E-state index contributed by atoms with van der Waals surface area (Å²) < 4.78 is 100. The van der Waals surface area contributed by atoms with Gasteiger partial charge >= 0.3 is 11.9 Å². The van der Waals surface area contributed by atoms with Crippen LogP contribution in [-0.2, 0) is 94.0 Å². The third-order valence-corrected chi connectivity index (χ3v) is 32.8. The standard InChI is InChI=1S/C64H70O11Si.C38H44O7Si/c1-46-57(74-62(65)51-30-18-9-19-31-51)60(69-43-50-36-38-52(66-5)39-37-50)59(56(73-46)45-72-76(64(2,3)4,53-32-20-10-21-33-53)54-34-22-11-23-35-54)75-63-61(70-42-49-28-16-8-17-29-49)58(68-41-48-26-14-7-15-27-48)55(44-71-63)67-40-47-24-12-6-13-25-47;1-27-35(45-37(40)29-15-9-6-10-16-29)36(42-25-28-21-23-30(41-5)24-22-28)34(39)33(44-27)26-43-46(38(2,3)4,31-17-11-7-12-18-31)32-19-13-8-14-20-32/h6-39,46,55-61,63H,40-45H2,1-5H3;6-24,27,33-36,39H,25-26H2,1-5H3. The highest BCUT2D eigenvalue weighted by Gasteiger charge is 2.57. The van der Waals surface area contributed by atoms with Crippen LogP contribution in [0.15, 0.2) is 322 Å². The number of ether oxygens (including phenoxy) is 13. The molecule has 3 heterocycles. The smallest absolute Gasteiger partial charge is 0.338 e. The number of benzene rings is 11. The summed E-state index contributed by atoms with van der Waals surface area (Å²) in [5.74, 6) is 0.420. The lowest BCUT2D eigenvalue weighted by Crippen LogP contribution is -2.69. The van der Waals surface area contributed by atoms with Gasteiger partial charge in [-0.15, -0.1) is 0 Å². The van der Waals surface area contributed by atoms with Crippen molar-refractivity contribution in [1.82, 2.24) is 0 Å². The van der Waals surface area contributed by atoms with Crippen LogP contribution in [0.4, 0.5) is 0 Å². The van der Waals surface area contributed by atoms with E-state index in [1.165, 1.54) is 0 Å². The van der Waals surface area contributed by atoms with E-state index in [-0.39, 0.29) is 56.3 Å². The predicted octanol–water partition coefficient (Wildman–Crippen LogP) is 16.2. The zero-order valence-corrected chi connectivity index (χ0v) is 73.2. The van der Waals surface area contributed by atoms with Crippen LogP contribution in [0.2, 0.25) is 10.1 Å². The molecule has 3 fully saturated rings. The zero-order valence-electron chi connectivity index (χ0n) is 71.2. The van der Waals surface area contributed by atoms with E-state index in [0.29, 0.717) is 23.5 Å². The second-order valence-corrected chi connectivity index (χ2v) is 41.7. The Bertz CT molecular complexity index is 4850. The maximum atomic E-state index is 14.2. The van der Waals surface area contributed by atoms with Crippen molar-refractivity contribution in [2.75, 3.05) is 34.0 Å². The molecule has 11 aromatic carbocycles. The molecule has 0 aromatic heterocycles. The van der Waals surface area contributed by atoms with Crippen molar-refractivity contribution in [3.05, 3.63) is 360 Å². The maximum absolute atomic E-state index is 14.2.